The summed E-state index contributed by atoms with van der Waals surface area (Å²) in [7, 11) is 0. The Labute approximate surface area is 253 Å². The highest BCUT2D eigenvalue weighted by Crippen LogP contribution is 2.41. The molecule has 5 nitrogen and oxygen atoms in total. The largest absolute Gasteiger partial charge is 0.456 e. The summed E-state index contributed by atoms with van der Waals surface area (Å²) in [6, 6.07) is 39.0. The van der Waals surface area contributed by atoms with Gasteiger partial charge in [0.2, 0.25) is 0 Å². The molecule has 1 aliphatic rings. The lowest BCUT2D eigenvalue weighted by atomic mass is 9.97. The second kappa shape index (κ2) is 9.89. The minimum Gasteiger partial charge on any atom is -0.456 e. The fourth-order valence-corrected chi connectivity index (χ4v) is 6.43. The van der Waals surface area contributed by atoms with Crippen molar-refractivity contribution in [2.24, 2.45) is 0 Å². The van der Waals surface area contributed by atoms with E-state index in [4.69, 9.17) is 23.8 Å². The first-order valence-electron chi connectivity index (χ1n) is 14.8. The number of rotatable bonds is 4. The smallest absolute Gasteiger partial charge is 0.164 e. The molecule has 0 saturated heterocycles. The van der Waals surface area contributed by atoms with E-state index >= 15 is 0 Å². The Morgan fingerprint density at radius 2 is 1.11 bits per heavy atom. The lowest BCUT2D eigenvalue weighted by Crippen LogP contribution is -2.01. The van der Waals surface area contributed by atoms with Crippen molar-refractivity contribution < 1.29 is 8.83 Å². The highest BCUT2D eigenvalue weighted by molar-refractivity contribution is 6.15. The van der Waals surface area contributed by atoms with Gasteiger partial charge in [-0.05, 0) is 36.6 Å². The number of para-hydroxylation sites is 1. The summed E-state index contributed by atoms with van der Waals surface area (Å²) in [5.41, 5.74) is 8.63. The highest BCUT2D eigenvalue weighted by atomic mass is 16.3. The van der Waals surface area contributed by atoms with Crippen molar-refractivity contribution in [3.63, 3.8) is 0 Å². The molecule has 0 aliphatic heterocycles. The van der Waals surface area contributed by atoms with Gasteiger partial charge in [-0.3, -0.25) is 0 Å². The molecule has 0 unspecified atom stereocenters. The van der Waals surface area contributed by atoms with Crippen LogP contribution in [0.4, 0.5) is 0 Å². The van der Waals surface area contributed by atoms with Gasteiger partial charge in [0.25, 0.3) is 0 Å². The van der Waals surface area contributed by atoms with Crippen LogP contribution in [0.15, 0.2) is 130 Å². The number of nitrogens with zero attached hydrogens (tertiary/aromatic N) is 3. The van der Waals surface area contributed by atoms with Gasteiger partial charge in [0.15, 0.2) is 17.5 Å². The van der Waals surface area contributed by atoms with Crippen molar-refractivity contribution >= 4 is 39.0 Å². The fourth-order valence-electron chi connectivity index (χ4n) is 6.43. The maximum absolute atomic E-state index is 6.55. The zero-order valence-electron chi connectivity index (χ0n) is 23.7. The van der Waals surface area contributed by atoms with Crippen molar-refractivity contribution in [2.75, 3.05) is 0 Å². The average molecular weight is 568 g/mol. The van der Waals surface area contributed by atoms with Gasteiger partial charge in [0.05, 0.1) is 0 Å². The molecular weight excluding hydrogens is 542 g/mol. The van der Waals surface area contributed by atoms with Crippen LogP contribution in [0.1, 0.15) is 17.7 Å². The first kappa shape index (κ1) is 24.8. The van der Waals surface area contributed by atoms with E-state index in [0.717, 1.165) is 79.3 Å². The van der Waals surface area contributed by atoms with E-state index in [2.05, 4.69) is 54.6 Å². The van der Waals surface area contributed by atoms with E-state index in [1.165, 1.54) is 5.56 Å². The van der Waals surface area contributed by atoms with Crippen molar-refractivity contribution in [1.82, 2.24) is 15.0 Å². The molecule has 3 heterocycles. The van der Waals surface area contributed by atoms with E-state index in [-0.39, 0.29) is 0 Å². The van der Waals surface area contributed by atoms with Crippen LogP contribution in [0.3, 0.4) is 0 Å². The summed E-state index contributed by atoms with van der Waals surface area (Å²) < 4.78 is 12.8. The van der Waals surface area contributed by atoms with Crippen LogP contribution in [-0.2, 0) is 6.42 Å². The van der Waals surface area contributed by atoms with Gasteiger partial charge in [0.1, 0.15) is 22.5 Å². The monoisotopic (exact) mass is 567 g/mol. The standard InChI is InChI=1S/C39H25N3O2/c1-3-12-24(13-4-1)26-17-9-18-28-35-30(20-11-23-33(35)44-36(26)28)39-41-37(25-14-5-2-6-15-25)40-38(42-39)29-19-10-22-32-34(29)27-16-7-8-21-31(27)43-32/h1-6,8-15,17-23H,7,16H2. The first-order valence-corrected chi connectivity index (χ1v) is 14.8. The third-order valence-electron chi connectivity index (χ3n) is 8.43. The Morgan fingerprint density at radius 1 is 0.500 bits per heavy atom. The van der Waals surface area contributed by atoms with Gasteiger partial charge in [0, 0.05) is 44.0 Å². The van der Waals surface area contributed by atoms with Gasteiger partial charge < -0.3 is 8.83 Å². The minimum absolute atomic E-state index is 0.599. The van der Waals surface area contributed by atoms with Crippen molar-refractivity contribution in [2.45, 2.75) is 12.8 Å². The fraction of sp³-hybridized carbons (Fsp3) is 0.0513. The third-order valence-corrected chi connectivity index (χ3v) is 8.43. The summed E-state index contributed by atoms with van der Waals surface area (Å²) in [6.07, 6.45) is 6.14. The number of hydrogen-bond acceptors (Lipinski definition) is 5. The van der Waals surface area contributed by atoms with Gasteiger partial charge in [-0.1, -0.05) is 109 Å². The van der Waals surface area contributed by atoms with Crippen molar-refractivity contribution in [3.8, 4) is 45.3 Å². The number of furan rings is 2. The molecule has 44 heavy (non-hydrogen) atoms. The zero-order chi connectivity index (χ0) is 29.0. The molecule has 1 aliphatic carbocycles. The van der Waals surface area contributed by atoms with Crippen LogP contribution < -0.4 is 0 Å². The SMILES string of the molecule is C1=Cc2oc3cccc(-c4nc(-c5ccccc5)nc(-c5cccc6oc7c(-c8ccccc8)cccc7c56)n4)c3c2CC1. The van der Waals surface area contributed by atoms with E-state index in [9.17, 15) is 0 Å². The first-order chi connectivity index (χ1) is 21.8. The number of fused-ring (bicyclic) bond motifs is 6. The summed E-state index contributed by atoms with van der Waals surface area (Å²) in [6.45, 7) is 0. The van der Waals surface area contributed by atoms with Crippen LogP contribution in [0, 0.1) is 0 Å². The summed E-state index contributed by atoms with van der Waals surface area (Å²) in [5, 5.41) is 3.08. The quantitative estimate of drug-likeness (QED) is 0.212. The minimum atomic E-state index is 0.599. The lowest BCUT2D eigenvalue weighted by molar-refractivity contribution is 0.595. The lowest BCUT2D eigenvalue weighted by Gasteiger charge is -2.11. The van der Waals surface area contributed by atoms with E-state index in [1.54, 1.807) is 0 Å². The predicted octanol–water partition coefficient (Wildman–Crippen LogP) is 10.1. The molecule has 0 spiro atoms. The Morgan fingerprint density at radius 3 is 1.86 bits per heavy atom. The summed E-state index contributed by atoms with van der Waals surface area (Å²) >= 11 is 0. The number of allylic oxidation sites excluding steroid dienone is 1. The van der Waals surface area contributed by atoms with E-state index < -0.39 is 0 Å². The number of aromatic nitrogens is 3. The summed E-state index contributed by atoms with van der Waals surface area (Å²) in [4.78, 5) is 15.3. The Bertz CT molecular complexity index is 2380. The average Bonchev–Trinajstić information content (AvgIpc) is 3.67. The Balaban J connectivity index is 1.32. The van der Waals surface area contributed by atoms with Gasteiger partial charge >= 0.3 is 0 Å². The van der Waals surface area contributed by atoms with Crippen LogP contribution in [-0.4, -0.2) is 15.0 Å². The molecule has 0 saturated carbocycles. The highest BCUT2D eigenvalue weighted by Gasteiger charge is 2.23. The molecule has 8 aromatic rings. The summed E-state index contributed by atoms with van der Waals surface area (Å²) in [5.74, 6) is 2.75. The van der Waals surface area contributed by atoms with Gasteiger partial charge in [-0.2, -0.15) is 0 Å². The van der Waals surface area contributed by atoms with Crippen molar-refractivity contribution in [3.05, 3.63) is 133 Å². The molecule has 5 aromatic carbocycles. The molecule has 0 bridgehead atoms. The topological polar surface area (TPSA) is 65.0 Å². The normalized spacial score (nSPS) is 12.7. The number of benzene rings is 5. The molecular formula is C39H25N3O2. The molecule has 9 rings (SSSR count). The maximum atomic E-state index is 6.55. The van der Waals surface area contributed by atoms with Gasteiger partial charge in [-0.25, -0.2) is 15.0 Å². The van der Waals surface area contributed by atoms with Crippen LogP contribution in [0.2, 0.25) is 0 Å². The molecule has 0 atom stereocenters. The molecule has 0 fully saturated rings. The van der Waals surface area contributed by atoms with Crippen molar-refractivity contribution in [1.29, 1.82) is 0 Å². The van der Waals surface area contributed by atoms with Crippen LogP contribution in [0.5, 0.6) is 0 Å². The van der Waals surface area contributed by atoms with Gasteiger partial charge in [-0.15, -0.1) is 0 Å². The van der Waals surface area contributed by atoms with Crippen LogP contribution in [0.25, 0.3) is 84.3 Å². The number of hydrogen-bond donors (Lipinski definition) is 0. The molecule has 5 heteroatoms. The van der Waals surface area contributed by atoms with Crippen LogP contribution >= 0.6 is 0 Å². The molecule has 0 radical (unpaired) electrons. The molecule has 3 aromatic heterocycles. The molecule has 208 valence electrons. The third kappa shape index (κ3) is 3.90. The Hall–Kier alpha value is -5.81. The number of aryl methyl sites for hydroxylation is 1. The Kier molecular flexibility index (Phi) is 5.56. The second-order valence-electron chi connectivity index (χ2n) is 11.1. The second-order valence-corrected chi connectivity index (χ2v) is 11.1. The maximum Gasteiger partial charge on any atom is 0.164 e. The zero-order valence-corrected chi connectivity index (χ0v) is 23.7. The predicted molar refractivity (Wildman–Crippen MR) is 176 cm³/mol. The van der Waals surface area contributed by atoms with E-state index in [1.807, 2.05) is 72.8 Å². The van der Waals surface area contributed by atoms with E-state index in [0.29, 0.717) is 17.5 Å². The molecule has 0 N–H and O–H groups in total. The molecule has 0 amide bonds.